The zero-order chi connectivity index (χ0) is 14.2. The van der Waals surface area contributed by atoms with Crippen molar-refractivity contribution >= 4 is 5.91 Å². The molecule has 1 amide bonds. The summed E-state index contributed by atoms with van der Waals surface area (Å²) in [5.74, 6) is 1.97. The van der Waals surface area contributed by atoms with Crippen LogP contribution in [0, 0.1) is 5.92 Å². The Labute approximate surface area is 118 Å². The van der Waals surface area contributed by atoms with E-state index in [0.29, 0.717) is 24.6 Å². The van der Waals surface area contributed by atoms with Crippen LogP contribution in [0.15, 0.2) is 18.2 Å². The van der Waals surface area contributed by atoms with E-state index in [9.17, 15) is 4.79 Å². The lowest BCUT2D eigenvalue weighted by Crippen LogP contribution is -2.53. The van der Waals surface area contributed by atoms with Gasteiger partial charge in [0.15, 0.2) is 11.5 Å². The van der Waals surface area contributed by atoms with Gasteiger partial charge in [-0.1, -0.05) is 6.07 Å². The predicted molar refractivity (Wildman–Crippen MR) is 74.6 cm³/mol. The highest BCUT2D eigenvalue weighted by Crippen LogP contribution is 2.39. The average Bonchev–Trinajstić information content (AvgIpc) is 3.18. The van der Waals surface area contributed by atoms with Gasteiger partial charge in [-0.05, 0) is 43.4 Å². The number of rotatable bonds is 5. The maximum absolute atomic E-state index is 12.2. The SMILES string of the molecule is CC(CN)(NC(=O)Cc1ccc2c(c1)OCO2)C1CC1. The molecule has 1 aromatic rings. The van der Waals surface area contributed by atoms with E-state index >= 15 is 0 Å². The molecule has 108 valence electrons. The monoisotopic (exact) mass is 276 g/mol. The third kappa shape index (κ3) is 2.58. The lowest BCUT2D eigenvalue weighted by molar-refractivity contribution is -0.122. The summed E-state index contributed by atoms with van der Waals surface area (Å²) in [5, 5.41) is 3.09. The van der Waals surface area contributed by atoms with Crippen molar-refractivity contribution in [2.45, 2.75) is 31.7 Å². The summed E-state index contributed by atoms with van der Waals surface area (Å²) in [4.78, 5) is 12.2. The van der Waals surface area contributed by atoms with Crippen molar-refractivity contribution in [3.8, 4) is 11.5 Å². The molecule has 0 bridgehead atoms. The first-order valence-corrected chi connectivity index (χ1v) is 7.00. The molecule has 1 saturated carbocycles. The molecule has 20 heavy (non-hydrogen) atoms. The van der Waals surface area contributed by atoms with Gasteiger partial charge < -0.3 is 20.5 Å². The van der Waals surface area contributed by atoms with Crippen molar-refractivity contribution in [1.82, 2.24) is 5.32 Å². The summed E-state index contributed by atoms with van der Waals surface area (Å²) in [6.45, 7) is 2.75. The summed E-state index contributed by atoms with van der Waals surface area (Å²) < 4.78 is 10.6. The highest BCUT2D eigenvalue weighted by atomic mass is 16.7. The third-order valence-electron chi connectivity index (χ3n) is 4.13. The van der Waals surface area contributed by atoms with E-state index in [1.165, 1.54) is 0 Å². The van der Waals surface area contributed by atoms with Crippen LogP contribution in [-0.4, -0.2) is 24.8 Å². The smallest absolute Gasteiger partial charge is 0.231 e. The number of hydrogen-bond donors (Lipinski definition) is 2. The molecule has 0 spiro atoms. The topological polar surface area (TPSA) is 73.6 Å². The average molecular weight is 276 g/mol. The summed E-state index contributed by atoms with van der Waals surface area (Å²) in [6.07, 6.45) is 2.63. The molecular formula is C15H20N2O3. The summed E-state index contributed by atoms with van der Waals surface area (Å²) in [5.41, 5.74) is 6.46. The molecule has 1 unspecified atom stereocenters. The minimum absolute atomic E-state index is 0.00344. The first-order valence-electron chi connectivity index (χ1n) is 7.00. The summed E-state index contributed by atoms with van der Waals surface area (Å²) in [6, 6.07) is 5.59. The zero-order valence-electron chi connectivity index (χ0n) is 11.6. The number of carbonyl (C=O) groups is 1. The van der Waals surface area contributed by atoms with Crippen molar-refractivity contribution in [3.63, 3.8) is 0 Å². The van der Waals surface area contributed by atoms with E-state index in [1.807, 2.05) is 25.1 Å². The Morgan fingerprint density at radius 3 is 2.85 bits per heavy atom. The number of carbonyl (C=O) groups excluding carboxylic acids is 1. The Morgan fingerprint density at radius 2 is 2.15 bits per heavy atom. The van der Waals surface area contributed by atoms with Gasteiger partial charge in [0.25, 0.3) is 0 Å². The molecule has 3 rings (SSSR count). The van der Waals surface area contributed by atoms with E-state index < -0.39 is 0 Å². The van der Waals surface area contributed by atoms with Crippen molar-refractivity contribution in [3.05, 3.63) is 23.8 Å². The van der Waals surface area contributed by atoms with Gasteiger partial charge in [-0.15, -0.1) is 0 Å². The second-order valence-corrected chi connectivity index (χ2v) is 5.81. The summed E-state index contributed by atoms with van der Waals surface area (Å²) in [7, 11) is 0. The molecule has 5 nitrogen and oxygen atoms in total. The molecule has 3 N–H and O–H groups in total. The van der Waals surface area contributed by atoms with Gasteiger partial charge in [0.1, 0.15) is 0 Å². The molecule has 1 aromatic carbocycles. The van der Waals surface area contributed by atoms with Crippen LogP contribution in [0.4, 0.5) is 0 Å². The predicted octanol–water partition coefficient (Wildman–Crippen LogP) is 1.20. The third-order valence-corrected chi connectivity index (χ3v) is 4.13. The lowest BCUT2D eigenvalue weighted by atomic mass is 9.95. The first kappa shape index (κ1) is 13.2. The van der Waals surface area contributed by atoms with Crippen molar-refractivity contribution in [2.75, 3.05) is 13.3 Å². The molecule has 0 saturated heterocycles. The molecule has 0 radical (unpaired) electrons. The number of nitrogens with two attached hydrogens (primary N) is 1. The van der Waals surface area contributed by atoms with Crippen molar-refractivity contribution in [2.24, 2.45) is 11.7 Å². The van der Waals surface area contributed by atoms with Gasteiger partial charge in [0, 0.05) is 6.54 Å². The Balaban J connectivity index is 1.64. The Bertz CT molecular complexity index is 528. The molecule has 2 aliphatic rings. The summed E-state index contributed by atoms with van der Waals surface area (Å²) >= 11 is 0. The molecule has 1 atom stereocenters. The van der Waals surface area contributed by atoms with Gasteiger partial charge in [-0.2, -0.15) is 0 Å². The largest absolute Gasteiger partial charge is 0.454 e. The molecule has 1 heterocycles. The molecule has 1 fully saturated rings. The van der Waals surface area contributed by atoms with Crippen LogP contribution in [0.5, 0.6) is 11.5 Å². The van der Waals surface area contributed by atoms with Crippen molar-refractivity contribution < 1.29 is 14.3 Å². The van der Waals surface area contributed by atoms with Gasteiger partial charge in [0.05, 0.1) is 12.0 Å². The van der Waals surface area contributed by atoms with Crippen LogP contribution in [0.25, 0.3) is 0 Å². The molecule has 1 aliphatic carbocycles. The van der Waals surface area contributed by atoms with E-state index in [1.54, 1.807) is 0 Å². The molecule has 0 aromatic heterocycles. The Morgan fingerprint density at radius 1 is 1.40 bits per heavy atom. The lowest BCUT2D eigenvalue weighted by Gasteiger charge is -2.29. The number of hydrogen-bond acceptors (Lipinski definition) is 4. The van der Waals surface area contributed by atoms with Gasteiger partial charge in [0.2, 0.25) is 12.7 Å². The maximum atomic E-state index is 12.2. The van der Waals surface area contributed by atoms with Crippen LogP contribution in [0.1, 0.15) is 25.3 Å². The van der Waals surface area contributed by atoms with Crippen LogP contribution < -0.4 is 20.5 Å². The van der Waals surface area contributed by atoms with Gasteiger partial charge in [-0.25, -0.2) is 0 Å². The van der Waals surface area contributed by atoms with Crippen molar-refractivity contribution in [1.29, 1.82) is 0 Å². The number of amides is 1. The van der Waals surface area contributed by atoms with Crippen LogP contribution in [0.2, 0.25) is 0 Å². The van der Waals surface area contributed by atoms with Crippen LogP contribution >= 0.6 is 0 Å². The Hall–Kier alpha value is -1.75. The zero-order valence-corrected chi connectivity index (χ0v) is 11.6. The fourth-order valence-corrected chi connectivity index (χ4v) is 2.64. The highest BCUT2D eigenvalue weighted by Gasteiger charge is 2.41. The minimum atomic E-state index is -0.270. The van der Waals surface area contributed by atoms with E-state index in [4.69, 9.17) is 15.2 Å². The number of benzene rings is 1. The second-order valence-electron chi connectivity index (χ2n) is 5.81. The van der Waals surface area contributed by atoms with Crippen LogP contribution in [0.3, 0.4) is 0 Å². The quantitative estimate of drug-likeness (QED) is 0.847. The Kier molecular flexibility index (Phi) is 3.30. The van der Waals surface area contributed by atoms with E-state index in [0.717, 1.165) is 24.2 Å². The standard InChI is InChI=1S/C15H20N2O3/c1-15(8-16,11-3-4-11)17-14(18)7-10-2-5-12-13(6-10)20-9-19-12/h2,5-6,11H,3-4,7-9,16H2,1H3,(H,17,18). The number of fused-ring (bicyclic) bond motifs is 1. The first-order chi connectivity index (χ1) is 9.60. The van der Waals surface area contributed by atoms with Crippen LogP contribution in [-0.2, 0) is 11.2 Å². The number of ether oxygens (including phenoxy) is 2. The fourth-order valence-electron chi connectivity index (χ4n) is 2.64. The normalized spacial score (nSPS) is 19.5. The van der Waals surface area contributed by atoms with E-state index in [2.05, 4.69) is 5.32 Å². The minimum Gasteiger partial charge on any atom is -0.454 e. The highest BCUT2D eigenvalue weighted by molar-refractivity contribution is 5.79. The molecular weight excluding hydrogens is 256 g/mol. The molecule has 1 aliphatic heterocycles. The second kappa shape index (κ2) is 4.98. The molecule has 5 heteroatoms. The van der Waals surface area contributed by atoms with E-state index in [-0.39, 0.29) is 18.2 Å². The van der Waals surface area contributed by atoms with Gasteiger partial charge in [-0.3, -0.25) is 4.79 Å². The fraction of sp³-hybridized carbons (Fsp3) is 0.533. The van der Waals surface area contributed by atoms with Gasteiger partial charge >= 0.3 is 0 Å². The maximum Gasteiger partial charge on any atom is 0.231 e. The number of nitrogens with one attached hydrogen (secondary N) is 1.